The van der Waals surface area contributed by atoms with Crippen LogP contribution < -0.4 is 11.1 Å². The van der Waals surface area contributed by atoms with Gasteiger partial charge in [-0.25, -0.2) is 12.8 Å². The predicted molar refractivity (Wildman–Crippen MR) is 63.6 cm³/mol. The highest BCUT2D eigenvalue weighted by Gasteiger charge is 2.08. The van der Waals surface area contributed by atoms with Crippen LogP contribution in [-0.4, -0.2) is 26.5 Å². The molecule has 0 aliphatic rings. The number of anilines is 2. The lowest BCUT2D eigenvalue weighted by atomic mass is 10.2. The van der Waals surface area contributed by atoms with Crippen molar-refractivity contribution in [1.29, 1.82) is 0 Å². The lowest BCUT2D eigenvalue weighted by molar-refractivity contribution is 0.597. The van der Waals surface area contributed by atoms with E-state index in [0.29, 0.717) is 5.69 Å². The Morgan fingerprint density at radius 1 is 1.44 bits per heavy atom. The van der Waals surface area contributed by atoms with Crippen LogP contribution >= 0.6 is 0 Å². The van der Waals surface area contributed by atoms with Crippen LogP contribution in [0.5, 0.6) is 0 Å². The average Bonchev–Trinajstić information content (AvgIpc) is 2.24. The number of nitrogens with two attached hydrogens (primary N) is 1. The first kappa shape index (κ1) is 12.8. The van der Waals surface area contributed by atoms with E-state index in [2.05, 4.69) is 5.32 Å². The number of halogens is 1. The van der Waals surface area contributed by atoms with Crippen molar-refractivity contribution in [1.82, 2.24) is 0 Å². The molecule has 16 heavy (non-hydrogen) atoms. The minimum absolute atomic E-state index is 0.0106. The van der Waals surface area contributed by atoms with Crippen molar-refractivity contribution >= 4 is 21.2 Å². The molecule has 0 spiro atoms. The highest BCUT2D eigenvalue weighted by atomic mass is 32.2. The van der Waals surface area contributed by atoms with Gasteiger partial charge in [-0.15, -0.1) is 0 Å². The van der Waals surface area contributed by atoms with Crippen molar-refractivity contribution in [2.45, 2.75) is 6.92 Å². The van der Waals surface area contributed by atoms with Gasteiger partial charge in [0.05, 0.1) is 17.1 Å². The monoisotopic (exact) mass is 246 g/mol. The van der Waals surface area contributed by atoms with Crippen LogP contribution in [-0.2, 0) is 9.84 Å². The first-order valence-corrected chi connectivity index (χ1v) is 6.76. The van der Waals surface area contributed by atoms with Crippen LogP contribution in [0, 0.1) is 5.82 Å². The van der Waals surface area contributed by atoms with Gasteiger partial charge in [-0.2, -0.15) is 0 Å². The number of nitrogen functional groups attached to an aromatic ring is 1. The molecule has 0 atom stereocenters. The molecule has 1 aromatic carbocycles. The first-order valence-electron chi connectivity index (χ1n) is 4.94. The fourth-order valence-electron chi connectivity index (χ4n) is 1.18. The highest BCUT2D eigenvalue weighted by molar-refractivity contribution is 7.91. The van der Waals surface area contributed by atoms with Gasteiger partial charge in [0.15, 0.2) is 9.84 Å². The van der Waals surface area contributed by atoms with Gasteiger partial charge in [-0.1, -0.05) is 13.0 Å². The summed E-state index contributed by atoms with van der Waals surface area (Å²) >= 11 is 0. The number of rotatable bonds is 5. The molecule has 0 aromatic heterocycles. The molecule has 0 aliphatic heterocycles. The summed E-state index contributed by atoms with van der Waals surface area (Å²) in [5, 5.41) is 2.80. The van der Waals surface area contributed by atoms with Gasteiger partial charge < -0.3 is 11.1 Å². The third-order valence-corrected chi connectivity index (χ3v) is 3.93. The van der Waals surface area contributed by atoms with Crippen molar-refractivity contribution in [2.75, 3.05) is 29.1 Å². The Hall–Kier alpha value is -1.30. The molecule has 6 heteroatoms. The van der Waals surface area contributed by atoms with E-state index in [4.69, 9.17) is 5.73 Å². The summed E-state index contributed by atoms with van der Waals surface area (Å²) in [5.74, 6) is -0.393. The van der Waals surface area contributed by atoms with E-state index in [9.17, 15) is 12.8 Å². The highest BCUT2D eigenvalue weighted by Crippen LogP contribution is 2.20. The Bertz CT molecular complexity index is 460. The molecular weight excluding hydrogens is 231 g/mol. The third-order valence-electron chi connectivity index (χ3n) is 2.22. The Labute approximate surface area is 94.6 Å². The second kappa shape index (κ2) is 5.16. The van der Waals surface area contributed by atoms with Crippen LogP contribution in [0.1, 0.15) is 6.92 Å². The Morgan fingerprint density at radius 3 is 2.75 bits per heavy atom. The average molecular weight is 246 g/mol. The summed E-state index contributed by atoms with van der Waals surface area (Å²) in [6, 6.07) is 4.38. The molecule has 0 fully saturated rings. The minimum atomic E-state index is -3.01. The molecule has 0 unspecified atom stereocenters. The maximum absolute atomic E-state index is 13.0. The maximum Gasteiger partial charge on any atom is 0.151 e. The van der Waals surface area contributed by atoms with E-state index in [0.717, 1.165) is 0 Å². The number of sulfone groups is 1. The molecule has 1 rings (SSSR count). The zero-order valence-electron chi connectivity index (χ0n) is 9.03. The van der Waals surface area contributed by atoms with E-state index in [-0.39, 0.29) is 23.7 Å². The standard InChI is InChI=1S/C10H15FN2O2S/c1-2-16(14,15)7-6-13-9-5-3-4-8(11)10(9)12/h3-5,13H,2,6-7,12H2,1H3. The van der Waals surface area contributed by atoms with Gasteiger partial charge >= 0.3 is 0 Å². The minimum Gasteiger partial charge on any atom is -0.395 e. The van der Waals surface area contributed by atoms with Crippen LogP contribution in [0.25, 0.3) is 0 Å². The largest absolute Gasteiger partial charge is 0.395 e. The molecule has 0 aliphatic carbocycles. The summed E-state index contributed by atoms with van der Waals surface area (Å²) in [4.78, 5) is 0. The summed E-state index contributed by atoms with van der Waals surface area (Å²) in [7, 11) is -3.01. The number of para-hydroxylation sites is 1. The Balaban J connectivity index is 2.59. The van der Waals surface area contributed by atoms with Crippen molar-refractivity contribution < 1.29 is 12.8 Å². The van der Waals surface area contributed by atoms with Crippen LogP contribution in [0.4, 0.5) is 15.8 Å². The zero-order valence-corrected chi connectivity index (χ0v) is 9.85. The summed E-state index contributed by atoms with van der Waals surface area (Å²) in [6.45, 7) is 1.82. The van der Waals surface area contributed by atoms with Gasteiger partial charge in [0.1, 0.15) is 5.82 Å². The molecule has 1 aromatic rings. The van der Waals surface area contributed by atoms with Crippen LogP contribution in [0.3, 0.4) is 0 Å². The van der Waals surface area contributed by atoms with E-state index in [1.165, 1.54) is 12.1 Å². The summed E-state index contributed by atoms with van der Waals surface area (Å²) < 4.78 is 35.4. The van der Waals surface area contributed by atoms with Gasteiger partial charge in [0, 0.05) is 12.3 Å². The van der Waals surface area contributed by atoms with Gasteiger partial charge in [0.2, 0.25) is 0 Å². The fraction of sp³-hybridized carbons (Fsp3) is 0.400. The Morgan fingerprint density at radius 2 is 2.12 bits per heavy atom. The molecule has 0 radical (unpaired) electrons. The molecule has 0 saturated heterocycles. The molecular formula is C10H15FN2O2S. The molecule has 0 bridgehead atoms. The molecule has 0 heterocycles. The molecule has 0 saturated carbocycles. The lowest BCUT2D eigenvalue weighted by Gasteiger charge is -2.09. The lowest BCUT2D eigenvalue weighted by Crippen LogP contribution is -2.17. The summed E-state index contributed by atoms with van der Waals surface area (Å²) in [6.07, 6.45) is 0. The van der Waals surface area contributed by atoms with Gasteiger partial charge in [-0.3, -0.25) is 0 Å². The predicted octanol–water partition coefficient (Wildman–Crippen LogP) is 1.25. The normalized spacial score (nSPS) is 11.4. The number of hydrogen-bond donors (Lipinski definition) is 2. The smallest absolute Gasteiger partial charge is 0.151 e. The van der Waals surface area contributed by atoms with Crippen LogP contribution in [0.2, 0.25) is 0 Å². The second-order valence-electron chi connectivity index (χ2n) is 3.36. The molecule has 0 amide bonds. The summed E-state index contributed by atoms with van der Waals surface area (Å²) in [5.41, 5.74) is 5.91. The number of benzene rings is 1. The first-order chi connectivity index (χ1) is 7.46. The van der Waals surface area contributed by atoms with Gasteiger partial charge in [-0.05, 0) is 12.1 Å². The maximum atomic E-state index is 13.0. The second-order valence-corrected chi connectivity index (χ2v) is 5.84. The third kappa shape index (κ3) is 3.37. The molecule has 3 N–H and O–H groups in total. The molecule has 90 valence electrons. The van der Waals surface area contributed by atoms with Crippen LogP contribution in [0.15, 0.2) is 18.2 Å². The van der Waals surface area contributed by atoms with E-state index >= 15 is 0 Å². The van der Waals surface area contributed by atoms with Crippen molar-refractivity contribution in [2.24, 2.45) is 0 Å². The number of nitrogens with one attached hydrogen (secondary N) is 1. The van der Waals surface area contributed by atoms with Gasteiger partial charge in [0.25, 0.3) is 0 Å². The fourth-order valence-corrected chi connectivity index (χ4v) is 1.88. The molecule has 4 nitrogen and oxygen atoms in total. The van der Waals surface area contributed by atoms with E-state index in [1.54, 1.807) is 13.0 Å². The quantitative estimate of drug-likeness (QED) is 0.767. The van der Waals surface area contributed by atoms with E-state index < -0.39 is 15.7 Å². The van der Waals surface area contributed by atoms with Crippen molar-refractivity contribution in [3.63, 3.8) is 0 Å². The van der Waals surface area contributed by atoms with Crippen molar-refractivity contribution in [3.8, 4) is 0 Å². The van der Waals surface area contributed by atoms with Crippen molar-refractivity contribution in [3.05, 3.63) is 24.0 Å². The SMILES string of the molecule is CCS(=O)(=O)CCNc1cccc(F)c1N. The van der Waals surface area contributed by atoms with E-state index in [1.807, 2.05) is 0 Å². The zero-order chi connectivity index (χ0) is 12.2. The topological polar surface area (TPSA) is 72.2 Å². The Kier molecular flexibility index (Phi) is 4.12. The number of hydrogen-bond acceptors (Lipinski definition) is 4.